The summed E-state index contributed by atoms with van der Waals surface area (Å²) < 4.78 is 26.6. The molecule has 1 aromatic carbocycles. The summed E-state index contributed by atoms with van der Waals surface area (Å²) in [5, 5.41) is 0. The van der Waals surface area contributed by atoms with Crippen LogP contribution in [-0.2, 0) is 14.8 Å². The molecular weight excluding hydrogens is 278 g/mol. The molecule has 0 aliphatic carbocycles. The molecule has 4 N–H and O–H groups in total. The number of sulfonamides is 1. The lowest BCUT2D eigenvalue weighted by Gasteiger charge is -2.21. The lowest BCUT2D eigenvalue weighted by Crippen LogP contribution is -2.38. The summed E-state index contributed by atoms with van der Waals surface area (Å²) in [4.78, 5) is 11.6. The van der Waals surface area contributed by atoms with E-state index in [9.17, 15) is 13.2 Å². The smallest absolute Gasteiger partial charge is 0.243 e. The van der Waals surface area contributed by atoms with E-state index in [1.165, 1.54) is 10.4 Å². The molecule has 1 aliphatic heterocycles. The Morgan fingerprint density at radius 2 is 2.05 bits per heavy atom. The average molecular weight is 297 g/mol. The molecule has 0 spiro atoms. The molecule has 1 aromatic rings. The van der Waals surface area contributed by atoms with Crippen LogP contribution in [0.1, 0.15) is 18.9 Å². The third-order valence-corrected chi connectivity index (χ3v) is 5.85. The largest absolute Gasteiger partial charge is 0.399 e. The number of amides is 1. The van der Waals surface area contributed by atoms with Crippen LogP contribution < -0.4 is 11.5 Å². The second-order valence-corrected chi connectivity index (χ2v) is 7.44. The summed E-state index contributed by atoms with van der Waals surface area (Å²) in [5.74, 6) is -0.473. The van der Waals surface area contributed by atoms with E-state index in [0.717, 1.165) is 0 Å². The van der Waals surface area contributed by atoms with Crippen molar-refractivity contribution >= 4 is 21.6 Å². The van der Waals surface area contributed by atoms with E-state index in [1.54, 1.807) is 26.0 Å². The summed E-state index contributed by atoms with van der Waals surface area (Å²) in [6, 6.07) is 4.78. The molecule has 1 aliphatic rings. The van der Waals surface area contributed by atoms with Gasteiger partial charge in [-0.2, -0.15) is 4.31 Å². The number of nitrogens with zero attached hydrogens (tertiary/aromatic N) is 1. The van der Waals surface area contributed by atoms with Gasteiger partial charge in [0, 0.05) is 18.8 Å². The van der Waals surface area contributed by atoms with Crippen LogP contribution in [0.3, 0.4) is 0 Å². The molecule has 1 atom stereocenters. The van der Waals surface area contributed by atoms with E-state index in [1.807, 2.05) is 0 Å². The Balaban J connectivity index is 2.38. The number of anilines is 1. The second-order valence-electron chi connectivity index (χ2n) is 5.54. The van der Waals surface area contributed by atoms with Crippen molar-refractivity contribution in [3.63, 3.8) is 0 Å². The van der Waals surface area contributed by atoms with Gasteiger partial charge in [-0.15, -0.1) is 0 Å². The van der Waals surface area contributed by atoms with Gasteiger partial charge < -0.3 is 11.5 Å². The zero-order valence-corrected chi connectivity index (χ0v) is 12.4. The van der Waals surface area contributed by atoms with Gasteiger partial charge in [0.1, 0.15) is 0 Å². The molecule has 0 bridgehead atoms. The molecule has 1 amide bonds. The number of hydrogen-bond acceptors (Lipinski definition) is 4. The Labute approximate surface area is 118 Å². The van der Waals surface area contributed by atoms with E-state index >= 15 is 0 Å². The Morgan fingerprint density at radius 3 is 2.60 bits per heavy atom. The lowest BCUT2D eigenvalue weighted by atomic mass is 9.89. The third kappa shape index (κ3) is 2.38. The molecule has 1 fully saturated rings. The first-order valence-electron chi connectivity index (χ1n) is 6.33. The molecule has 2 rings (SSSR count). The number of rotatable bonds is 3. The summed E-state index contributed by atoms with van der Waals surface area (Å²) in [6.45, 7) is 3.81. The van der Waals surface area contributed by atoms with Crippen LogP contribution in [0.4, 0.5) is 5.69 Å². The molecular formula is C13H19N3O3S. The van der Waals surface area contributed by atoms with E-state index < -0.39 is 21.3 Å². The highest BCUT2D eigenvalue weighted by molar-refractivity contribution is 7.89. The van der Waals surface area contributed by atoms with Gasteiger partial charge in [0.2, 0.25) is 15.9 Å². The van der Waals surface area contributed by atoms with E-state index in [4.69, 9.17) is 11.5 Å². The molecule has 0 aromatic heterocycles. The van der Waals surface area contributed by atoms with Crippen LogP contribution in [0.5, 0.6) is 0 Å². The van der Waals surface area contributed by atoms with Gasteiger partial charge in [0.15, 0.2) is 0 Å². The highest BCUT2D eigenvalue weighted by Crippen LogP contribution is 2.34. The van der Waals surface area contributed by atoms with Crippen molar-refractivity contribution in [1.29, 1.82) is 0 Å². The molecule has 1 heterocycles. The van der Waals surface area contributed by atoms with Crippen LogP contribution >= 0.6 is 0 Å². The van der Waals surface area contributed by atoms with Crippen molar-refractivity contribution in [1.82, 2.24) is 4.31 Å². The predicted octanol–water partition coefficient (Wildman–Crippen LogP) is 0.463. The van der Waals surface area contributed by atoms with Gasteiger partial charge in [-0.25, -0.2) is 8.42 Å². The Kier molecular flexibility index (Phi) is 3.51. The summed E-state index contributed by atoms with van der Waals surface area (Å²) in [5.41, 5.74) is 11.2. The quantitative estimate of drug-likeness (QED) is 0.790. The van der Waals surface area contributed by atoms with E-state index in [2.05, 4.69) is 0 Å². The molecule has 20 heavy (non-hydrogen) atoms. The van der Waals surface area contributed by atoms with Gasteiger partial charge >= 0.3 is 0 Å². The minimum Gasteiger partial charge on any atom is -0.399 e. The highest BCUT2D eigenvalue weighted by Gasteiger charge is 2.43. The number of nitrogens with two attached hydrogens (primary N) is 2. The van der Waals surface area contributed by atoms with Crippen molar-refractivity contribution in [2.75, 3.05) is 18.8 Å². The molecule has 1 saturated heterocycles. The molecule has 7 heteroatoms. The first-order chi connectivity index (χ1) is 9.17. The Hall–Kier alpha value is -1.60. The molecule has 0 radical (unpaired) electrons. The highest BCUT2D eigenvalue weighted by atomic mass is 32.2. The molecule has 110 valence electrons. The first kappa shape index (κ1) is 14.8. The van der Waals surface area contributed by atoms with Crippen LogP contribution in [0.2, 0.25) is 0 Å². The van der Waals surface area contributed by atoms with Crippen molar-refractivity contribution in [3.05, 3.63) is 23.8 Å². The van der Waals surface area contributed by atoms with Crippen LogP contribution in [-0.4, -0.2) is 31.7 Å². The summed E-state index contributed by atoms with van der Waals surface area (Å²) >= 11 is 0. The van der Waals surface area contributed by atoms with Crippen LogP contribution in [0.25, 0.3) is 0 Å². The molecule has 1 unspecified atom stereocenters. The number of primary amides is 1. The topological polar surface area (TPSA) is 106 Å². The Morgan fingerprint density at radius 1 is 1.40 bits per heavy atom. The minimum atomic E-state index is -3.65. The molecule has 0 saturated carbocycles. The van der Waals surface area contributed by atoms with Crippen LogP contribution in [0, 0.1) is 12.3 Å². The number of carbonyl (C=O) groups is 1. The van der Waals surface area contributed by atoms with Gasteiger partial charge in [0.05, 0.1) is 10.3 Å². The van der Waals surface area contributed by atoms with Gasteiger partial charge in [-0.3, -0.25) is 4.79 Å². The van der Waals surface area contributed by atoms with Crippen LogP contribution in [0.15, 0.2) is 23.1 Å². The summed E-state index contributed by atoms with van der Waals surface area (Å²) in [6.07, 6.45) is 0.433. The zero-order chi connectivity index (χ0) is 15.1. The summed E-state index contributed by atoms with van der Waals surface area (Å²) in [7, 11) is -3.65. The van der Waals surface area contributed by atoms with Gasteiger partial charge in [-0.05, 0) is 38.0 Å². The van der Waals surface area contributed by atoms with E-state index in [0.29, 0.717) is 17.7 Å². The van der Waals surface area contributed by atoms with E-state index in [-0.39, 0.29) is 18.0 Å². The number of nitrogen functional groups attached to an aromatic ring is 1. The van der Waals surface area contributed by atoms with Gasteiger partial charge in [0.25, 0.3) is 0 Å². The van der Waals surface area contributed by atoms with Crippen molar-refractivity contribution in [2.45, 2.75) is 25.2 Å². The number of aryl methyl sites for hydroxylation is 1. The maximum atomic E-state index is 12.6. The lowest BCUT2D eigenvalue weighted by molar-refractivity contribution is -0.126. The maximum absolute atomic E-state index is 12.6. The number of carbonyl (C=O) groups excluding carboxylic acids is 1. The second kappa shape index (κ2) is 4.75. The standard InChI is InChI=1S/C13H19N3O3S/c1-9-3-4-10(14)7-11(9)20(18,19)16-6-5-13(2,8-16)12(15)17/h3-4,7H,5-6,8,14H2,1-2H3,(H2,15,17). The predicted molar refractivity (Wildman–Crippen MR) is 76.3 cm³/mol. The van der Waals surface area contributed by atoms with Crippen molar-refractivity contribution in [2.24, 2.45) is 11.1 Å². The third-order valence-electron chi connectivity index (χ3n) is 3.86. The SMILES string of the molecule is Cc1ccc(N)cc1S(=O)(=O)N1CCC(C)(C(N)=O)C1. The minimum absolute atomic E-state index is 0.110. The first-order valence-corrected chi connectivity index (χ1v) is 7.77. The van der Waals surface area contributed by atoms with Crippen molar-refractivity contribution in [3.8, 4) is 0 Å². The Bertz CT molecular complexity index is 657. The maximum Gasteiger partial charge on any atom is 0.243 e. The fourth-order valence-corrected chi connectivity index (χ4v) is 4.18. The fraction of sp³-hybridized carbons (Fsp3) is 0.462. The van der Waals surface area contributed by atoms with Crippen molar-refractivity contribution < 1.29 is 13.2 Å². The number of benzene rings is 1. The monoisotopic (exact) mass is 297 g/mol. The number of hydrogen-bond donors (Lipinski definition) is 2. The fourth-order valence-electron chi connectivity index (χ4n) is 2.36. The molecule has 6 nitrogen and oxygen atoms in total. The van der Waals surface area contributed by atoms with Gasteiger partial charge in [-0.1, -0.05) is 6.07 Å². The normalized spacial score (nSPS) is 23.9. The average Bonchev–Trinajstić information content (AvgIpc) is 2.77. The zero-order valence-electron chi connectivity index (χ0n) is 11.6.